The van der Waals surface area contributed by atoms with Gasteiger partial charge in [-0.05, 0) is 37.2 Å². The summed E-state index contributed by atoms with van der Waals surface area (Å²) >= 11 is 0. The van der Waals surface area contributed by atoms with Crippen molar-refractivity contribution in [2.75, 3.05) is 0 Å². The van der Waals surface area contributed by atoms with Gasteiger partial charge in [0.05, 0.1) is 0 Å². The van der Waals surface area contributed by atoms with E-state index in [9.17, 15) is 0 Å². The van der Waals surface area contributed by atoms with E-state index in [1.54, 1.807) is 0 Å². The fourth-order valence-electron chi connectivity index (χ4n) is 1.98. The zero-order valence-electron chi connectivity index (χ0n) is 8.23. The molecule has 0 amide bonds. The van der Waals surface area contributed by atoms with E-state index in [-0.39, 0.29) is 0 Å². The summed E-state index contributed by atoms with van der Waals surface area (Å²) in [4.78, 5) is 0. The molecule has 12 heavy (non-hydrogen) atoms. The lowest BCUT2D eigenvalue weighted by atomic mass is 9.83. The summed E-state index contributed by atoms with van der Waals surface area (Å²) in [6, 6.07) is 0. The number of allylic oxidation sites excluding steroid dienone is 1. The summed E-state index contributed by atoms with van der Waals surface area (Å²) in [6.45, 7) is 5.99. The predicted octanol–water partition coefficient (Wildman–Crippen LogP) is 4.08. The fourth-order valence-corrected chi connectivity index (χ4v) is 1.98. The second-order valence-electron chi connectivity index (χ2n) is 3.87. The van der Waals surface area contributed by atoms with Crippen molar-refractivity contribution in [1.29, 1.82) is 0 Å². The minimum Gasteiger partial charge on any atom is -0.130 e. The lowest BCUT2D eigenvalue weighted by Crippen LogP contribution is -2.07. The zero-order valence-corrected chi connectivity index (χ0v) is 8.23. The molecule has 0 aromatic carbocycles. The van der Waals surface area contributed by atoms with Gasteiger partial charge in [-0.15, -0.1) is 5.73 Å². The van der Waals surface area contributed by atoms with Gasteiger partial charge in [-0.3, -0.25) is 0 Å². The van der Waals surface area contributed by atoms with Crippen molar-refractivity contribution in [3.8, 4) is 0 Å². The van der Waals surface area contributed by atoms with Crippen LogP contribution in [0.1, 0.15) is 51.9 Å². The first-order chi connectivity index (χ1) is 5.86. The number of unbranched alkanes of at least 4 members (excludes halogenated alkanes) is 1. The maximum Gasteiger partial charge on any atom is -0.0241 e. The van der Waals surface area contributed by atoms with Crippen molar-refractivity contribution in [1.82, 2.24) is 0 Å². The Morgan fingerprint density at radius 2 is 2.08 bits per heavy atom. The molecule has 0 spiro atoms. The highest BCUT2D eigenvalue weighted by atomic mass is 14.2. The Balaban J connectivity index is 2.21. The lowest BCUT2D eigenvalue weighted by molar-refractivity contribution is 0.373. The summed E-state index contributed by atoms with van der Waals surface area (Å²) in [6.07, 6.45) is 9.50. The number of hydrogen-bond acceptors (Lipinski definition) is 0. The largest absolute Gasteiger partial charge is 0.130 e. The summed E-state index contributed by atoms with van der Waals surface area (Å²) in [5.41, 5.74) is 4.51. The van der Waals surface area contributed by atoms with Gasteiger partial charge in [-0.2, -0.15) is 0 Å². The van der Waals surface area contributed by atoms with Crippen LogP contribution in [0.3, 0.4) is 0 Å². The van der Waals surface area contributed by atoms with Gasteiger partial charge in [0, 0.05) is 0 Å². The standard InChI is InChI=1S/C12H20/c1-3-5-6-12-9-7-11(4-2)8-10-12/h12H,2-3,5-10H2,1H3. The van der Waals surface area contributed by atoms with Crippen LogP contribution in [0.4, 0.5) is 0 Å². The highest BCUT2D eigenvalue weighted by Crippen LogP contribution is 2.30. The molecule has 0 unspecified atom stereocenters. The van der Waals surface area contributed by atoms with Crippen molar-refractivity contribution in [3.63, 3.8) is 0 Å². The van der Waals surface area contributed by atoms with Crippen LogP contribution in [-0.4, -0.2) is 0 Å². The van der Waals surface area contributed by atoms with Crippen LogP contribution >= 0.6 is 0 Å². The summed E-state index contributed by atoms with van der Waals surface area (Å²) in [5, 5.41) is 0. The van der Waals surface area contributed by atoms with Crippen molar-refractivity contribution in [3.05, 3.63) is 17.9 Å². The molecule has 1 rings (SSSR count). The van der Waals surface area contributed by atoms with Crippen LogP contribution in [0, 0.1) is 5.92 Å². The predicted molar refractivity (Wildman–Crippen MR) is 54.1 cm³/mol. The minimum absolute atomic E-state index is 1.00. The molecule has 0 saturated heterocycles. The molecule has 0 heteroatoms. The third kappa shape index (κ3) is 2.87. The second kappa shape index (κ2) is 5.22. The van der Waals surface area contributed by atoms with Crippen molar-refractivity contribution in [2.45, 2.75) is 51.9 Å². The molecule has 68 valence electrons. The first kappa shape index (κ1) is 9.61. The molecular formula is C12H20. The Bertz CT molecular complexity index is 162. The lowest BCUT2D eigenvalue weighted by Gasteiger charge is -2.22. The average molecular weight is 164 g/mol. The van der Waals surface area contributed by atoms with Gasteiger partial charge < -0.3 is 0 Å². The van der Waals surface area contributed by atoms with Crippen LogP contribution in [-0.2, 0) is 0 Å². The summed E-state index contributed by atoms with van der Waals surface area (Å²) < 4.78 is 0. The van der Waals surface area contributed by atoms with Gasteiger partial charge in [0.25, 0.3) is 0 Å². The fraction of sp³-hybridized carbons (Fsp3) is 0.750. The first-order valence-corrected chi connectivity index (χ1v) is 5.24. The monoisotopic (exact) mass is 164 g/mol. The Hall–Kier alpha value is -0.480. The average Bonchev–Trinajstić information content (AvgIpc) is 2.15. The van der Waals surface area contributed by atoms with Crippen molar-refractivity contribution < 1.29 is 0 Å². The molecule has 0 bridgehead atoms. The summed E-state index contributed by atoms with van der Waals surface area (Å²) in [5.74, 6) is 1.00. The molecule has 0 aromatic rings. The van der Waals surface area contributed by atoms with Crippen LogP contribution in [0.15, 0.2) is 17.9 Å². The molecule has 1 saturated carbocycles. The van der Waals surface area contributed by atoms with Crippen LogP contribution in [0.5, 0.6) is 0 Å². The van der Waals surface area contributed by atoms with E-state index < -0.39 is 0 Å². The highest BCUT2D eigenvalue weighted by Gasteiger charge is 2.15. The normalized spacial score (nSPS) is 23.8. The Morgan fingerprint density at radius 1 is 1.42 bits per heavy atom. The summed E-state index contributed by atoms with van der Waals surface area (Å²) in [7, 11) is 0. The van der Waals surface area contributed by atoms with Gasteiger partial charge in [0.2, 0.25) is 0 Å². The minimum atomic E-state index is 1.00. The SMILES string of the molecule is C=C=C1CCC(CCCC)CC1. The van der Waals surface area contributed by atoms with E-state index in [0.29, 0.717) is 0 Å². The second-order valence-corrected chi connectivity index (χ2v) is 3.87. The quantitative estimate of drug-likeness (QED) is 0.551. The van der Waals surface area contributed by atoms with E-state index in [4.69, 9.17) is 0 Å². The topological polar surface area (TPSA) is 0 Å². The Kier molecular flexibility index (Phi) is 4.18. The van der Waals surface area contributed by atoms with E-state index in [0.717, 1.165) is 5.92 Å². The maximum atomic E-state index is 3.71. The maximum absolute atomic E-state index is 3.71. The van der Waals surface area contributed by atoms with E-state index in [1.807, 2.05) is 0 Å². The van der Waals surface area contributed by atoms with Crippen molar-refractivity contribution in [2.24, 2.45) is 5.92 Å². The van der Waals surface area contributed by atoms with Crippen LogP contribution in [0.2, 0.25) is 0 Å². The van der Waals surface area contributed by atoms with Gasteiger partial charge >= 0.3 is 0 Å². The molecule has 1 aliphatic rings. The molecule has 0 heterocycles. The Morgan fingerprint density at radius 3 is 2.58 bits per heavy atom. The van der Waals surface area contributed by atoms with E-state index in [2.05, 4.69) is 19.2 Å². The molecule has 0 N–H and O–H groups in total. The molecule has 0 aromatic heterocycles. The highest BCUT2D eigenvalue weighted by molar-refractivity contribution is 5.02. The van der Waals surface area contributed by atoms with Gasteiger partial charge in [0.15, 0.2) is 0 Å². The van der Waals surface area contributed by atoms with E-state index in [1.165, 1.54) is 50.5 Å². The number of rotatable bonds is 3. The molecular weight excluding hydrogens is 144 g/mol. The van der Waals surface area contributed by atoms with Crippen LogP contribution < -0.4 is 0 Å². The number of hydrogen-bond donors (Lipinski definition) is 0. The van der Waals surface area contributed by atoms with Gasteiger partial charge in [0.1, 0.15) is 0 Å². The van der Waals surface area contributed by atoms with Gasteiger partial charge in [-0.25, -0.2) is 0 Å². The Labute approximate surface area is 76.4 Å². The third-order valence-corrected chi connectivity index (χ3v) is 2.92. The van der Waals surface area contributed by atoms with Gasteiger partial charge in [-0.1, -0.05) is 32.8 Å². The first-order valence-electron chi connectivity index (χ1n) is 5.24. The smallest absolute Gasteiger partial charge is 0.0241 e. The molecule has 1 aliphatic carbocycles. The molecule has 0 atom stereocenters. The molecule has 0 aliphatic heterocycles. The molecule has 1 fully saturated rings. The third-order valence-electron chi connectivity index (χ3n) is 2.92. The zero-order chi connectivity index (χ0) is 8.81. The van der Waals surface area contributed by atoms with Crippen LogP contribution in [0.25, 0.3) is 0 Å². The van der Waals surface area contributed by atoms with E-state index >= 15 is 0 Å². The molecule has 0 radical (unpaired) electrons. The van der Waals surface area contributed by atoms with Crippen molar-refractivity contribution >= 4 is 0 Å². The molecule has 0 nitrogen and oxygen atoms in total.